The van der Waals surface area contributed by atoms with Crippen molar-refractivity contribution in [3.8, 4) is 11.3 Å². The van der Waals surface area contributed by atoms with Gasteiger partial charge in [0.1, 0.15) is 11.5 Å². The molecule has 3 heterocycles. The second kappa shape index (κ2) is 7.88. The molecule has 7 nitrogen and oxygen atoms in total. The Labute approximate surface area is 172 Å². The predicted octanol–water partition coefficient (Wildman–Crippen LogP) is 3.72. The van der Waals surface area contributed by atoms with E-state index in [2.05, 4.69) is 9.89 Å². The third kappa shape index (κ3) is 4.28. The Hall–Kier alpha value is -2.84. The van der Waals surface area contributed by atoms with Gasteiger partial charge in [0.15, 0.2) is 5.17 Å². The highest BCUT2D eigenvalue weighted by Gasteiger charge is 2.31. The number of hydrogen-bond donors (Lipinski definition) is 1. The van der Waals surface area contributed by atoms with Crippen molar-refractivity contribution in [2.45, 2.75) is 26.1 Å². The van der Waals surface area contributed by atoms with Crippen LogP contribution >= 0.6 is 11.8 Å². The number of hydrogen-bond acceptors (Lipinski definition) is 6. The Balaban J connectivity index is 1.48. The van der Waals surface area contributed by atoms with Crippen molar-refractivity contribution in [3.63, 3.8) is 0 Å². The van der Waals surface area contributed by atoms with Gasteiger partial charge in [0, 0.05) is 24.7 Å². The number of amides is 1. The first kappa shape index (κ1) is 19.5. The lowest BCUT2D eigenvalue weighted by Gasteiger charge is -2.35. The van der Waals surface area contributed by atoms with Gasteiger partial charge in [0.2, 0.25) is 0 Å². The normalized spacial score (nSPS) is 23.5. The average Bonchev–Trinajstić information content (AvgIpc) is 3.28. The number of amidine groups is 1. The Kier molecular flexibility index (Phi) is 5.29. The summed E-state index contributed by atoms with van der Waals surface area (Å²) in [4.78, 5) is 30.1. The summed E-state index contributed by atoms with van der Waals surface area (Å²) >= 11 is 1.34. The highest BCUT2D eigenvalue weighted by molar-refractivity contribution is 8.18. The topological polar surface area (TPSA) is 92.3 Å². The maximum atomic E-state index is 12.3. The number of aromatic carboxylic acids is 1. The van der Waals surface area contributed by atoms with E-state index >= 15 is 0 Å². The number of ether oxygens (including phenoxy) is 1. The first-order chi connectivity index (χ1) is 13.9. The second-order valence-corrected chi connectivity index (χ2v) is 8.07. The maximum absolute atomic E-state index is 12.3. The van der Waals surface area contributed by atoms with Crippen LogP contribution in [0, 0.1) is 0 Å². The molecule has 2 aliphatic rings. The molecular formula is C21H20N2O5S. The van der Waals surface area contributed by atoms with Crippen LogP contribution in [0.15, 0.2) is 50.7 Å². The lowest BCUT2D eigenvalue weighted by atomic mass is 10.1. The zero-order chi connectivity index (χ0) is 20.5. The van der Waals surface area contributed by atoms with Crippen molar-refractivity contribution in [1.82, 2.24) is 4.90 Å². The van der Waals surface area contributed by atoms with Gasteiger partial charge in [-0.2, -0.15) is 4.99 Å². The van der Waals surface area contributed by atoms with Gasteiger partial charge in [0.05, 0.1) is 22.7 Å². The minimum atomic E-state index is -0.974. The number of thioether (sulfide) groups is 1. The maximum Gasteiger partial charge on any atom is 0.335 e. The summed E-state index contributed by atoms with van der Waals surface area (Å²) in [6, 6.07) is 10.0. The van der Waals surface area contributed by atoms with Gasteiger partial charge < -0.3 is 19.2 Å². The number of rotatable bonds is 3. The van der Waals surface area contributed by atoms with Crippen LogP contribution < -0.4 is 0 Å². The van der Waals surface area contributed by atoms with Crippen molar-refractivity contribution in [3.05, 3.63) is 52.6 Å². The fourth-order valence-electron chi connectivity index (χ4n) is 3.36. The number of carboxylic acids is 1. The Bertz CT molecular complexity index is 998. The van der Waals surface area contributed by atoms with Crippen LogP contribution in [0.1, 0.15) is 30.0 Å². The molecule has 29 heavy (non-hydrogen) atoms. The zero-order valence-electron chi connectivity index (χ0n) is 16.0. The summed E-state index contributed by atoms with van der Waals surface area (Å²) in [6.07, 6.45) is 1.86. The van der Waals surface area contributed by atoms with Crippen molar-refractivity contribution in [2.75, 3.05) is 13.1 Å². The minimum Gasteiger partial charge on any atom is -0.478 e. The highest BCUT2D eigenvalue weighted by atomic mass is 32.2. The number of benzene rings is 1. The monoisotopic (exact) mass is 412 g/mol. The van der Waals surface area contributed by atoms with Gasteiger partial charge in [-0.1, -0.05) is 12.1 Å². The van der Waals surface area contributed by atoms with E-state index in [1.54, 1.807) is 30.3 Å². The van der Waals surface area contributed by atoms with E-state index in [4.69, 9.17) is 14.3 Å². The number of carboxylic acid groups (broad SMARTS) is 1. The quantitative estimate of drug-likeness (QED) is 0.768. The van der Waals surface area contributed by atoms with Gasteiger partial charge in [-0.05, 0) is 49.9 Å². The number of carbonyl (C=O) groups is 2. The zero-order valence-corrected chi connectivity index (χ0v) is 16.8. The first-order valence-electron chi connectivity index (χ1n) is 9.25. The fraction of sp³-hybridized carbons (Fsp3) is 0.286. The highest BCUT2D eigenvalue weighted by Crippen LogP contribution is 2.32. The lowest BCUT2D eigenvalue weighted by Crippen LogP contribution is -2.47. The summed E-state index contributed by atoms with van der Waals surface area (Å²) in [5.41, 5.74) is 0.977. The molecule has 0 saturated carbocycles. The van der Waals surface area contributed by atoms with Crippen LogP contribution in [0.25, 0.3) is 17.4 Å². The van der Waals surface area contributed by atoms with Gasteiger partial charge >= 0.3 is 5.97 Å². The van der Waals surface area contributed by atoms with E-state index < -0.39 is 5.97 Å². The molecule has 2 atom stereocenters. The fourth-order valence-corrected chi connectivity index (χ4v) is 4.27. The molecule has 1 aromatic heterocycles. The standard InChI is InChI=1S/C21H20N2O5S/c1-12-10-23(11-13(2)27-12)21-22-19(24)18(29-21)9-16-7-8-17(28-16)14-3-5-15(6-4-14)20(25)26/h3-9,12-13H,10-11H2,1-2H3,(H,25,26)/b18-9+. The van der Waals surface area contributed by atoms with Gasteiger partial charge in [-0.3, -0.25) is 4.79 Å². The summed E-state index contributed by atoms with van der Waals surface area (Å²) in [5.74, 6) is -0.113. The minimum absolute atomic E-state index is 0.0883. The summed E-state index contributed by atoms with van der Waals surface area (Å²) < 4.78 is 11.6. The first-order valence-corrected chi connectivity index (χ1v) is 10.1. The average molecular weight is 412 g/mol. The molecule has 2 aromatic rings. The lowest BCUT2D eigenvalue weighted by molar-refractivity contribution is -0.113. The van der Waals surface area contributed by atoms with Gasteiger partial charge in [-0.15, -0.1) is 0 Å². The van der Waals surface area contributed by atoms with Crippen molar-refractivity contribution >= 4 is 34.9 Å². The molecule has 1 fully saturated rings. The number of furan rings is 1. The van der Waals surface area contributed by atoms with Crippen LogP contribution in [0.5, 0.6) is 0 Å². The smallest absolute Gasteiger partial charge is 0.335 e. The van der Waals surface area contributed by atoms with Gasteiger partial charge in [0.25, 0.3) is 5.91 Å². The molecule has 1 aromatic carbocycles. The van der Waals surface area contributed by atoms with Crippen LogP contribution in [0.3, 0.4) is 0 Å². The predicted molar refractivity (Wildman–Crippen MR) is 111 cm³/mol. The summed E-state index contributed by atoms with van der Waals surface area (Å²) in [7, 11) is 0. The van der Waals surface area contributed by atoms with E-state index in [-0.39, 0.29) is 23.7 Å². The summed E-state index contributed by atoms with van der Waals surface area (Å²) in [6.45, 7) is 5.42. The third-order valence-corrected chi connectivity index (χ3v) is 5.66. The molecule has 0 spiro atoms. The number of morpholine rings is 1. The summed E-state index contributed by atoms with van der Waals surface area (Å²) in [5, 5.41) is 9.69. The van der Waals surface area contributed by atoms with Gasteiger partial charge in [-0.25, -0.2) is 4.79 Å². The van der Waals surface area contributed by atoms with E-state index in [1.165, 1.54) is 23.9 Å². The molecule has 0 aliphatic carbocycles. The molecule has 0 bridgehead atoms. The number of aliphatic imine (C=N–C) groups is 1. The van der Waals surface area contributed by atoms with E-state index in [1.807, 2.05) is 13.8 Å². The third-order valence-electron chi connectivity index (χ3n) is 4.62. The molecule has 2 aliphatic heterocycles. The molecule has 1 N–H and O–H groups in total. The van der Waals surface area contributed by atoms with Crippen molar-refractivity contribution in [2.24, 2.45) is 4.99 Å². The van der Waals surface area contributed by atoms with E-state index in [0.29, 0.717) is 34.7 Å². The van der Waals surface area contributed by atoms with E-state index in [9.17, 15) is 9.59 Å². The second-order valence-electron chi connectivity index (χ2n) is 7.06. The number of carbonyl (C=O) groups excluding carboxylic acids is 1. The molecule has 150 valence electrons. The molecule has 1 amide bonds. The molecule has 1 saturated heterocycles. The SMILES string of the molecule is CC1CN(C2=NC(=O)/C(=C\c3ccc(-c4ccc(C(=O)O)cc4)o3)S2)CC(C)O1. The largest absolute Gasteiger partial charge is 0.478 e. The van der Waals surface area contributed by atoms with Crippen molar-refractivity contribution < 1.29 is 23.8 Å². The van der Waals surface area contributed by atoms with Crippen LogP contribution in [-0.2, 0) is 9.53 Å². The van der Waals surface area contributed by atoms with Crippen LogP contribution in [0.4, 0.5) is 0 Å². The van der Waals surface area contributed by atoms with Crippen molar-refractivity contribution in [1.29, 1.82) is 0 Å². The van der Waals surface area contributed by atoms with Crippen LogP contribution in [-0.4, -0.2) is 52.3 Å². The van der Waals surface area contributed by atoms with Crippen LogP contribution in [0.2, 0.25) is 0 Å². The number of nitrogens with zero attached hydrogens (tertiary/aromatic N) is 2. The molecule has 0 radical (unpaired) electrons. The Morgan fingerprint density at radius 1 is 1.17 bits per heavy atom. The molecular weight excluding hydrogens is 392 g/mol. The Morgan fingerprint density at radius 2 is 1.86 bits per heavy atom. The molecule has 8 heteroatoms. The Morgan fingerprint density at radius 3 is 2.52 bits per heavy atom. The van der Waals surface area contributed by atoms with E-state index in [0.717, 1.165) is 5.56 Å². The molecule has 2 unspecified atom stereocenters. The molecule has 4 rings (SSSR count).